The summed E-state index contributed by atoms with van der Waals surface area (Å²) >= 11 is 0. The van der Waals surface area contributed by atoms with Gasteiger partial charge in [0.1, 0.15) is 0 Å². The van der Waals surface area contributed by atoms with Gasteiger partial charge in [-0.3, -0.25) is 0 Å². The van der Waals surface area contributed by atoms with Gasteiger partial charge in [-0.2, -0.15) is 17.7 Å². The first-order valence-electron chi connectivity index (χ1n) is 6.15. The van der Waals surface area contributed by atoms with Gasteiger partial charge in [-0.25, -0.2) is 29.7 Å². The molecule has 0 aliphatic heterocycles. The number of hydrogen-bond acceptors (Lipinski definition) is 0. The maximum Gasteiger partial charge on any atom is 4.00 e. The van der Waals surface area contributed by atoms with Crippen LogP contribution < -0.4 is 24.8 Å². The molecule has 1 atom stereocenters. The molecule has 0 N–H and O–H groups in total. The van der Waals surface area contributed by atoms with Crippen LogP contribution in [0.4, 0.5) is 0 Å². The molecule has 0 aromatic heterocycles. The summed E-state index contributed by atoms with van der Waals surface area (Å²) < 4.78 is 0. The minimum absolute atomic E-state index is 0. The SMILES string of the molecule is C1=CCC2CC[CH-]C2=C1.Cc1cc[c-](C)c1.[Cl-].[Cl-].[Zr+4]. The van der Waals surface area contributed by atoms with Crippen molar-refractivity contribution in [3.63, 3.8) is 0 Å². The molecule has 2 aliphatic carbocycles. The molecule has 0 amide bonds. The van der Waals surface area contributed by atoms with Gasteiger partial charge in [-0.1, -0.05) is 20.3 Å². The summed E-state index contributed by atoms with van der Waals surface area (Å²) in [6.45, 7) is 4.21. The van der Waals surface area contributed by atoms with E-state index >= 15 is 0 Å². The van der Waals surface area contributed by atoms with Gasteiger partial charge in [0.15, 0.2) is 0 Å². The molecule has 1 saturated carbocycles. The Morgan fingerprint density at radius 2 is 2.05 bits per heavy atom. The van der Waals surface area contributed by atoms with E-state index in [-0.39, 0.29) is 51.0 Å². The Bertz CT molecular complexity index is 388. The summed E-state index contributed by atoms with van der Waals surface area (Å²) in [4.78, 5) is 0. The summed E-state index contributed by atoms with van der Waals surface area (Å²) in [6, 6.07) is 6.41. The van der Waals surface area contributed by atoms with E-state index in [0.29, 0.717) is 0 Å². The molecule has 2 aliphatic rings. The van der Waals surface area contributed by atoms with Crippen LogP contribution in [0.3, 0.4) is 0 Å². The molecule has 1 aromatic rings. The van der Waals surface area contributed by atoms with Crippen molar-refractivity contribution < 1.29 is 51.0 Å². The van der Waals surface area contributed by atoms with Crippen molar-refractivity contribution in [3.05, 3.63) is 59.5 Å². The molecule has 1 fully saturated rings. The van der Waals surface area contributed by atoms with Crippen LogP contribution >= 0.6 is 0 Å². The summed E-state index contributed by atoms with van der Waals surface area (Å²) in [7, 11) is 0. The first kappa shape index (κ1) is 21.5. The normalized spacial score (nSPS) is 18.2. The maximum absolute atomic E-state index is 2.37. The number of fused-ring (bicyclic) bond motifs is 1. The molecular weight excluding hydrogens is 354 g/mol. The molecule has 0 spiro atoms. The topological polar surface area (TPSA) is 0 Å². The molecule has 0 radical (unpaired) electrons. The molecule has 1 aromatic carbocycles. The molecule has 0 heterocycles. The van der Waals surface area contributed by atoms with E-state index in [9.17, 15) is 0 Å². The predicted octanol–water partition coefficient (Wildman–Crippen LogP) is -1.49. The first-order valence-corrected chi connectivity index (χ1v) is 6.15. The fourth-order valence-electron chi connectivity index (χ4n) is 2.38. The second-order valence-corrected chi connectivity index (χ2v) is 4.77. The third-order valence-corrected chi connectivity index (χ3v) is 3.28. The number of rotatable bonds is 0. The largest absolute Gasteiger partial charge is 4.00 e. The van der Waals surface area contributed by atoms with Gasteiger partial charge in [0, 0.05) is 0 Å². The van der Waals surface area contributed by atoms with Crippen molar-refractivity contribution in [2.24, 2.45) is 5.92 Å². The Morgan fingerprint density at radius 1 is 1.32 bits per heavy atom. The minimum Gasteiger partial charge on any atom is -1.00 e. The van der Waals surface area contributed by atoms with Crippen LogP contribution in [-0.4, -0.2) is 0 Å². The fourth-order valence-corrected chi connectivity index (χ4v) is 2.38. The zero-order chi connectivity index (χ0) is 11.4. The maximum atomic E-state index is 2.37. The van der Waals surface area contributed by atoms with Gasteiger partial charge in [0.2, 0.25) is 0 Å². The zero-order valence-electron chi connectivity index (χ0n) is 11.5. The van der Waals surface area contributed by atoms with Crippen molar-refractivity contribution >= 4 is 0 Å². The van der Waals surface area contributed by atoms with Crippen LogP contribution in [0.2, 0.25) is 0 Å². The van der Waals surface area contributed by atoms with Crippen molar-refractivity contribution in [1.82, 2.24) is 0 Å². The van der Waals surface area contributed by atoms with Crippen molar-refractivity contribution in [2.75, 3.05) is 0 Å². The first-order chi connectivity index (χ1) is 7.75. The van der Waals surface area contributed by atoms with E-state index in [1.54, 1.807) is 5.57 Å². The molecule has 3 rings (SSSR count). The fraction of sp³-hybridized carbons (Fsp3) is 0.375. The predicted molar refractivity (Wildman–Crippen MR) is 70.4 cm³/mol. The minimum atomic E-state index is 0. The Kier molecular flexibility index (Phi) is 12.3. The van der Waals surface area contributed by atoms with Gasteiger partial charge >= 0.3 is 26.2 Å². The smallest absolute Gasteiger partial charge is 1.00 e. The van der Waals surface area contributed by atoms with E-state index in [4.69, 9.17) is 0 Å². The van der Waals surface area contributed by atoms with Crippen LogP contribution in [-0.2, 0) is 26.2 Å². The average molecular weight is 374 g/mol. The Morgan fingerprint density at radius 3 is 2.53 bits per heavy atom. The molecule has 0 bridgehead atoms. The van der Waals surface area contributed by atoms with E-state index in [1.807, 2.05) is 0 Å². The average Bonchev–Trinajstić information content (AvgIpc) is 2.88. The number of allylic oxidation sites excluding steroid dienone is 4. The molecule has 1 unspecified atom stereocenters. The number of halogens is 2. The van der Waals surface area contributed by atoms with Crippen molar-refractivity contribution in [1.29, 1.82) is 0 Å². The van der Waals surface area contributed by atoms with Gasteiger partial charge in [-0.15, -0.1) is 18.6 Å². The van der Waals surface area contributed by atoms with Gasteiger partial charge in [0.25, 0.3) is 0 Å². The molecule has 3 heteroatoms. The van der Waals surface area contributed by atoms with Crippen LogP contribution in [0.5, 0.6) is 0 Å². The molecule has 19 heavy (non-hydrogen) atoms. The summed E-state index contributed by atoms with van der Waals surface area (Å²) in [5.74, 6) is 0.884. The Hall–Kier alpha value is 0.163. The number of hydrogen-bond donors (Lipinski definition) is 0. The molecule has 0 saturated heterocycles. The molecule has 0 nitrogen and oxygen atoms in total. The van der Waals surface area contributed by atoms with Gasteiger partial charge in [-0.05, 0) is 12.3 Å². The van der Waals surface area contributed by atoms with E-state index < -0.39 is 0 Å². The second kappa shape index (κ2) is 10.9. The Labute approximate surface area is 149 Å². The third-order valence-electron chi connectivity index (χ3n) is 3.28. The zero-order valence-corrected chi connectivity index (χ0v) is 15.5. The summed E-state index contributed by atoms with van der Waals surface area (Å²) in [5, 5.41) is 0. The summed E-state index contributed by atoms with van der Waals surface area (Å²) in [6.07, 6.45) is 13.0. The Balaban J connectivity index is 0. The monoisotopic (exact) mass is 372 g/mol. The van der Waals surface area contributed by atoms with Crippen molar-refractivity contribution in [3.8, 4) is 0 Å². The standard InChI is InChI=1S/C9H11.C7H9.2ClH.Zr/c1-2-5-9-7-3-6-8(9)4-1;1-6-3-4-7(2)5-6;;;/h1-2,4,6,9H,3,5,7H2;3-5H,1-2H3;2*1H;/q2*-1;;;+4/p-2. The van der Waals surface area contributed by atoms with Crippen molar-refractivity contribution in [2.45, 2.75) is 33.1 Å². The van der Waals surface area contributed by atoms with Crippen LogP contribution in [0.1, 0.15) is 30.4 Å². The van der Waals surface area contributed by atoms with Crippen LogP contribution in [0.15, 0.2) is 42.0 Å². The van der Waals surface area contributed by atoms with E-state index in [1.165, 1.54) is 30.4 Å². The van der Waals surface area contributed by atoms with E-state index in [0.717, 1.165) is 5.92 Å². The number of aryl methyl sites for hydroxylation is 2. The summed E-state index contributed by atoms with van der Waals surface area (Å²) in [5.41, 5.74) is 4.30. The quantitative estimate of drug-likeness (QED) is 0.486. The van der Waals surface area contributed by atoms with Gasteiger partial charge < -0.3 is 24.8 Å². The second-order valence-electron chi connectivity index (χ2n) is 4.77. The van der Waals surface area contributed by atoms with Crippen LogP contribution in [0.25, 0.3) is 0 Å². The molecule has 102 valence electrons. The van der Waals surface area contributed by atoms with E-state index in [2.05, 4.69) is 56.7 Å². The van der Waals surface area contributed by atoms with Gasteiger partial charge in [0.05, 0.1) is 0 Å². The third kappa shape index (κ3) is 6.93. The van der Waals surface area contributed by atoms with Crippen LogP contribution in [0, 0.1) is 26.2 Å². The molecular formula is C16H20Cl2Zr.